The third-order valence-corrected chi connectivity index (χ3v) is 3.51. The number of hydrogen-bond donors (Lipinski definition) is 1. The first-order valence-corrected chi connectivity index (χ1v) is 6.88. The van der Waals surface area contributed by atoms with Gasteiger partial charge >= 0.3 is 0 Å². The Morgan fingerprint density at radius 3 is 2.60 bits per heavy atom. The van der Waals surface area contributed by atoms with Gasteiger partial charge in [0.05, 0.1) is 16.8 Å². The molecule has 3 rings (SSSR count). The molecule has 2 aromatic rings. The maximum Gasteiger partial charge on any atom is 0.193 e. The highest BCUT2D eigenvalue weighted by atomic mass is 35.5. The van der Waals surface area contributed by atoms with Gasteiger partial charge in [-0.25, -0.2) is 0 Å². The second kappa shape index (κ2) is 5.17. The second-order valence-corrected chi connectivity index (χ2v) is 5.32. The minimum atomic E-state index is -0.0897. The lowest BCUT2D eigenvalue weighted by Crippen LogP contribution is -2.03. The number of nitrogen functional groups attached to an aromatic ring is 1. The van der Waals surface area contributed by atoms with Crippen molar-refractivity contribution in [1.29, 1.82) is 0 Å². The van der Waals surface area contributed by atoms with Gasteiger partial charge in [-0.05, 0) is 43.2 Å². The van der Waals surface area contributed by atoms with E-state index in [9.17, 15) is 4.79 Å². The number of anilines is 1. The monoisotopic (exact) mass is 287 g/mol. The van der Waals surface area contributed by atoms with Crippen molar-refractivity contribution in [3.05, 3.63) is 58.6 Å². The summed E-state index contributed by atoms with van der Waals surface area (Å²) in [5.74, 6) is 0.646. The van der Waals surface area contributed by atoms with E-state index in [1.54, 1.807) is 30.3 Å². The Balaban J connectivity index is 1.86. The molecule has 1 fully saturated rings. The van der Waals surface area contributed by atoms with Crippen molar-refractivity contribution >= 4 is 23.1 Å². The lowest BCUT2D eigenvalue weighted by atomic mass is 10.0. The van der Waals surface area contributed by atoms with E-state index in [4.69, 9.17) is 22.1 Å². The fourth-order valence-corrected chi connectivity index (χ4v) is 2.10. The van der Waals surface area contributed by atoms with E-state index in [1.165, 1.54) is 0 Å². The van der Waals surface area contributed by atoms with E-state index < -0.39 is 0 Å². The summed E-state index contributed by atoms with van der Waals surface area (Å²) in [6.07, 6.45) is 2.49. The van der Waals surface area contributed by atoms with Crippen LogP contribution in [0.3, 0.4) is 0 Å². The van der Waals surface area contributed by atoms with Crippen LogP contribution >= 0.6 is 11.6 Å². The van der Waals surface area contributed by atoms with E-state index in [1.807, 2.05) is 12.1 Å². The standard InChI is InChI=1S/C16H14ClNO2/c17-14-9-11(4-7-15(14)18)16(19)10-2-1-3-13(8-10)20-12-5-6-12/h1-4,7-9,12H,5-6,18H2. The quantitative estimate of drug-likeness (QED) is 0.689. The largest absolute Gasteiger partial charge is 0.490 e. The Labute approximate surface area is 122 Å². The molecule has 2 N–H and O–H groups in total. The van der Waals surface area contributed by atoms with Gasteiger partial charge in [0.15, 0.2) is 5.78 Å². The van der Waals surface area contributed by atoms with Gasteiger partial charge in [0, 0.05) is 11.1 Å². The van der Waals surface area contributed by atoms with Crippen molar-refractivity contribution < 1.29 is 9.53 Å². The first kappa shape index (κ1) is 13.0. The number of benzene rings is 2. The molecule has 1 saturated carbocycles. The predicted octanol–water partition coefficient (Wildman–Crippen LogP) is 3.69. The molecule has 0 atom stereocenters. The smallest absolute Gasteiger partial charge is 0.193 e. The first-order chi connectivity index (χ1) is 9.63. The number of halogens is 1. The number of hydrogen-bond acceptors (Lipinski definition) is 3. The van der Waals surface area contributed by atoms with Crippen LogP contribution in [0, 0.1) is 0 Å². The van der Waals surface area contributed by atoms with Crippen LogP contribution in [0.1, 0.15) is 28.8 Å². The average Bonchev–Trinajstić information content (AvgIpc) is 3.25. The highest BCUT2D eigenvalue weighted by Gasteiger charge is 2.23. The number of rotatable bonds is 4. The second-order valence-electron chi connectivity index (χ2n) is 4.91. The Kier molecular flexibility index (Phi) is 3.36. The van der Waals surface area contributed by atoms with Gasteiger partial charge in [0.25, 0.3) is 0 Å². The zero-order valence-corrected chi connectivity index (χ0v) is 11.6. The zero-order valence-electron chi connectivity index (χ0n) is 10.8. The summed E-state index contributed by atoms with van der Waals surface area (Å²) in [6, 6.07) is 12.1. The molecule has 20 heavy (non-hydrogen) atoms. The van der Waals surface area contributed by atoms with Crippen LogP contribution in [0.5, 0.6) is 5.75 Å². The molecule has 4 heteroatoms. The lowest BCUT2D eigenvalue weighted by molar-refractivity contribution is 0.103. The Hall–Kier alpha value is -2.00. The highest BCUT2D eigenvalue weighted by Crippen LogP contribution is 2.28. The third kappa shape index (κ3) is 2.78. The summed E-state index contributed by atoms with van der Waals surface area (Å²) in [4.78, 5) is 12.4. The molecule has 0 amide bonds. The first-order valence-electron chi connectivity index (χ1n) is 6.50. The van der Waals surface area contributed by atoms with Gasteiger partial charge < -0.3 is 10.5 Å². The van der Waals surface area contributed by atoms with Crippen molar-refractivity contribution in [3.8, 4) is 5.75 Å². The molecule has 0 radical (unpaired) electrons. The fourth-order valence-electron chi connectivity index (χ4n) is 1.92. The molecule has 1 aliphatic carbocycles. The molecular weight excluding hydrogens is 274 g/mol. The molecule has 1 aliphatic rings. The minimum Gasteiger partial charge on any atom is -0.490 e. The predicted molar refractivity (Wildman–Crippen MR) is 79.4 cm³/mol. The number of carbonyl (C=O) groups excluding carboxylic acids is 1. The Morgan fingerprint density at radius 1 is 1.15 bits per heavy atom. The molecule has 2 aromatic carbocycles. The summed E-state index contributed by atoms with van der Waals surface area (Å²) in [7, 11) is 0. The van der Waals surface area contributed by atoms with Crippen LogP contribution in [-0.4, -0.2) is 11.9 Å². The molecule has 0 spiro atoms. The molecule has 0 bridgehead atoms. The van der Waals surface area contributed by atoms with Gasteiger partial charge in [-0.1, -0.05) is 23.7 Å². The Bertz CT molecular complexity index is 665. The van der Waals surface area contributed by atoms with Crippen LogP contribution in [0.25, 0.3) is 0 Å². The molecule has 0 aliphatic heterocycles. The van der Waals surface area contributed by atoms with Crippen LogP contribution in [0.4, 0.5) is 5.69 Å². The third-order valence-electron chi connectivity index (χ3n) is 3.19. The summed E-state index contributed by atoms with van der Waals surface area (Å²) in [5, 5.41) is 0.390. The fraction of sp³-hybridized carbons (Fsp3) is 0.188. The molecule has 0 unspecified atom stereocenters. The number of nitrogens with two attached hydrogens (primary N) is 1. The van der Waals surface area contributed by atoms with Crippen molar-refractivity contribution in [2.75, 3.05) is 5.73 Å². The zero-order chi connectivity index (χ0) is 14.1. The topological polar surface area (TPSA) is 52.3 Å². The highest BCUT2D eigenvalue weighted by molar-refractivity contribution is 6.33. The van der Waals surface area contributed by atoms with Crippen LogP contribution in [-0.2, 0) is 0 Å². The maximum atomic E-state index is 12.4. The van der Waals surface area contributed by atoms with Gasteiger partial charge in [-0.2, -0.15) is 0 Å². The summed E-state index contributed by atoms with van der Waals surface area (Å²) >= 11 is 5.95. The van der Waals surface area contributed by atoms with E-state index in [0.717, 1.165) is 18.6 Å². The van der Waals surface area contributed by atoms with E-state index >= 15 is 0 Å². The average molecular weight is 288 g/mol. The molecule has 0 saturated heterocycles. The van der Waals surface area contributed by atoms with Crippen molar-refractivity contribution in [1.82, 2.24) is 0 Å². The summed E-state index contributed by atoms with van der Waals surface area (Å²) in [6.45, 7) is 0. The molecule has 0 aromatic heterocycles. The van der Waals surface area contributed by atoms with Crippen molar-refractivity contribution in [3.63, 3.8) is 0 Å². The molecule has 0 heterocycles. The van der Waals surface area contributed by atoms with Crippen LogP contribution in [0.15, 0.2) is 42.5 Å². The summed E-state index contributed by atoms with van der Waals surface area (Å²) < 4.78 is 5.70. The SMILES string of the molecule is Nc1ccc(C(=O)c2cccc(OC3CC3)c2)cc1Cl. The minimum absolute atomic E-state index is 0.0897. The van der Waals surface area contributed by atoms with Crippen molar-refractivity contribution in [2.45, 2.75) is 18.9 Å². The van der Waals surface area contributed by atoms with E-state index in [0.29, 0.717) is 27.9 Å². The van der Waals surface area contributed by atoms with Crippen LogP contribution < -0.4 is 10.5 Å². The normalized spacial score (nSPS) is 14.1. The maximum absolute atomic E-state index is 12.4. The van der Waals surface area contributed by atoms with E-state index in [2.05, 4.69) is 0 Å². The number of carbonyl (C=O) groups is 1. The van der Waals surface area contributed by atoms with Crippen molar-refractivity contribution in [2.24, 2.45) is 0 Å². The van der Waals surface area contributed by atoms with Gasteiger partial charge in [-0.15, -0.1) is 0 Å². The van der Waals surface area contributed by atoms with Crippen LogP contribution in [0.2, 0.25) is 5.02 Å². The van der Waals surface area contributed by atoms with E-state index in [-0.39, 0.29) is 5.78 Å². The lowest BCUT2D eigenvalue weighted by Gasteiger charge is -2.07. The van der Waals surface area contributed by atoms with Gasteiger partial charge in [-0.3, -0.25) is 4.79 Å². The van der Waals surface area contributed by atoms with Gasteiger partial charge in [0.2, 0.25) is 0 Å². The number of ketones is 1. The van der Waals surface area contributed by atoms with Gasteiger partial charge in [0.1, 0.15) is 5.75 Å². The Morgan fingerprint density at radius 2 is 1.90 bits per heavy atom. The molecule has 102 valence electrons. The molecular formula is C16H14ClNO2. The number of ether oxygens (including phenoxy) is 1. The molecule has 3 nitrogen and oxygen atoms in total. The summed E-state index contributed by atoms with van der Waals surface area (Å²) in [5.41, 5.74) is 7.22.